The predicted octanol–water partition coefficient (Wildman–Crippen LogP) is 3.76. The molecule has 0 unspecified atom stereocenters. The molecule has 122 valence electrons. The van der Waals surface area contributed by atoms with Gasteiger partial charge in [0, 0.05) is 6.54 Å². The molecule has 0 atom stereocenters. The molecule has 1 aliphatic carbocycles. The van der Waals surface area contributed by atoms with Crippen molar-refractivity contribution in [1.29, 1.82) is 0 Å². The minimum atomic E-state index is 0.603. The molecule has 0 saturated heterocycles. The van der Waals surface area contributed by atoms with Gasteiger partial charge < -0.3 is 10.6 Å². The fraction of sp³-hybridized carbons (Fsp3) is 0.294. The van der Waals surface area contributed by atoms with Crippen LogP contribution in [0, 0.1) is 12.8 Å². The number of thiocarbonyl (C=S) groups is 1. The van der Waals surface area contributed by atoms with Gasteiger partial charge in [-0.05, 0) is 67.0 Å². The molecule has 0 bridgehead atoms. The van der Waals surface area contributed by atoms with Crippen LogP contribution in [0.15, 0.2) is 29.8 Å². The fourth-order valence-electron chi connectivity index (χ4n) is 2.37. The first-order valence-corrected chi connectivity index (χ1v) is 9.20. The number of aryl methyl sites for hydroxylation is 1. The van der Waals surface area contributed by atoms with E-state index in [1.807, 2.05) is 12.1 Å². The zero-order valence-corrected chi connectivity index (χ0v) is 14.9. The molecule has 1 fully saturated rings. The van der Waals surface area contributed by atoms with Gasteiger partial charge in [-0.3, -0.25) is 4.98 Å². The predicted molar refractivity (Wildman–Crippen MR) is 102 cm³/mol. The summed E-state index contributed by atoms with van der Waals surface area (Å²) in [6.07, 6.45) is 4.39. The maximum absolute atomic E-state index is 5.31. The molecule has 1 aliphatic rings. The Bertz CT molecular complexity index is 901. The van der Waals surface area contributed by atoms with Gasteiger partial charge in [-0.2, -0.15) is 0 Å². The lowest BCUT2D eigenvalue weighted by molar-refractivity contribution is 0.777. The van der Waals surface area contributed by atoms with Gasteiger partial charge in [0.25, 0.3) is 0 Å². The van der Waals surface area contributed by atoms with Crippen LogP contribution < -0.4 is 10.6 Å². The Morgan fingerprint density at radius 2 is 2.21 bits per heavy atom. The summed E-state index contributed by atoms with van der Waals surface area (Å²) < 4.78 is 0. The van der Waals surface area contributed by atoms with Crippen LogP contribution in [0.1, 0.15) is 18.4 Å². The monoisotopic (exact) mass is 355 g/mol. The molecule has 7 heteroatoms. The summed E-state index contributed by atoms with van der Waals surface area (Å²) >= 11 is 6.98. The highest BCUT2D eigenvalue weighted by Crippen LogP contribution is 2.27. The average molecular weight is 355 g/mol. The van der Waals surface area contributed by atoms with Crippen LogP contribution in [0.4, 0.5) is 5.82 Å². The zero-order valence-electron chi connectivity index (χ0n) is 13.2. The number of thiophene rings is 1. The van der Waals surface area contributed by atoms with E-state index < -0.39 is 0 Å². The number of hydrogen-bond acceptors (Lipinski definition) is 5. The third kappa shape index (κ3) is 3.52. The molecule has 4 rings (SSSR count). The van der Waals surface area contributed by atoms with Crippen LogP contribution in [0.5, 0.6) is 0 Å². The van der Waals surface area contributed by atoms with Crippen LogP contribution >= 0.6 is 23.6 Å². The molecule has 5 nitrogen and oxygen atoms in total. The molecule has 3 aromatic heterocycles. The number of nitrogens with one attached hydrogen (secondary N) is 2. The van der Waals surface area contributed by atoms with Crippen LogP contribution in [0.25, 0.3) is 21.7 Å². The summed E-state index contributed by atoms with van der Waals surface area (Å²) in [4.78, 5) is 14.7. The average Bonchev–Trinajstić information content (AvgIpc) is 3.32. The van der Waals surface area contributed by atoms with E-state index in [1.165, 1.54) is 18.4 Å². The van der Waals surface area contributed by atoms with Crippen molar-refractivity contribution in [2.75, 3.05) is 11.9 Å². The van der Waals surface area contributed by atoms with Gasteiger partial charge in [0.2, 0.25) is 0 Å². The first kappa shape index (κ1) is 15.4. The molecule has 1 saturated carbocycles. The maximum Gasteiger partial charge on any atom is 0.180 e. The molecule has 0 aromatic carbocycles. The van der Waals surface area contributed by atoms with Crippen molar-refractivity contribution < 1.29 is 0 Å². The number of anilines is 1. The standard InChI is InChI=1S/C17H17N5S2/c1-10-6-14(24-9-10)13-8-18-12-4-5-15(21-16(12)20-13)22-17(23)19-7-11-2-3-11/h4-6,8-9,11H,2-3,7H2,1H3,(H2,19,20,21,22,23). The van der Waals surface area contributed by atoms with Gasteiger partial charge in [0.15, 0.2) is 10.8 Å². The van der Waals surface area contributed by atoms with Crippen molar-refractivity contribution in [2.24, 2.45) is 5.92 Å². The Hall–Kier alpha value is -2.12. The van der Waals surface area contributed by atoms with Gasteiger partial charge in [-0.1, -0.05) is 0 Å². The summed E-state index contributed by atoms with van der Waals surface area (Å²) in [5, 5.41) is 9.06. The number of pyridine rings is 1. The van der Waals surface area contributed by atoms with E-state index in [-0.39, 0.29) is 0 Å². The zero-order chi connectivity index (χ0) is 16.5. The quantitative estimate of drug-likeness (QED) is 0.695. The Kier molecular flexibility index (Phi) is 4.12. The molecule has 2 N–H and O–H groups in total. The number of hydrogen-bond donors (Lipinski definition) is 2. The fourth-order valence-corrected chi connectivity index (χ4v) is 3.41. The van der Waals surface area contributed by atoms with E-state index in [4.69, 9.17) is 12.2 Å². The summed E-state index contributed by atoms with van der Waals surface area (Å²) in [5.41, 5.74) is 3.47. The Morgan fingerprint density at radius 1 is 1.33 bits per heavy atom. The normalized spacial score (nSPS) is 13.9. The highest BCUT2D eigenvalue weighted by molar-refractivity contribution is 7.80. The lowest BCUT2D eigenvalue weighted by Crippen LogP contribution is -2.30. The summed E-state index contributed by atoms with van der Waals surface area (Å²) in [6.45, 7) is 3.01. The van der Waals surface area contributed by atoms with Crippen LogP contribution in [-0.4, -0.2) is 26.6 Å². The van der Waals surface area contributed by atoms with Crippen molar-refractivity contribution in [3.05, 3.63) is 35.3 Å². The lowest BCUT2D eigenvalue weighted by atomic mass is 10.3. The first-order valence-electron chi connectivity index (χ1n) is 7.91. The number of nitrogens with zero attached hydrogens (tertiary/aromatic N) is 3. The Labute approximate surface area is 149 Å². The largest absolute Gasteiger partial charge is 0.362 e. The smallest absolute Gasteiger partial charge is 0.180 e. The van der Waals surface area contributed by atoms with Gasteiger partial charge in [0.05, 0.1) is 11.1 Å². The van der Waals surface area contributed by atoms with Crippen molar-refractivity contribution in [1.82, 2.24) is 20.3 Å². The SMILES string of the molecule is Cc1csc(-c2cnc3ccc(NC(=S)NCC4CC4)nc3n2)c1. The first-order chi connectivity index (χ1) is 11.7. The molecule has 24 heavy (non-hydrogen) atoms. The van der Waals surface area contributed by atoms with E-state index in [2.05, 4.69) is 44.0 Å². The summed E-state index contributed by atoms with van der Waals surface area (Å²) in [6, 6.07) is 5.89. The number of rotatable bonds is 4. The topological polar surface area (TPSA) is 62.7 Å². The second-order valence-corrected chi connectivity index (χ2v) is 7.38. The van der Waals surface area contributed by atoms with E-state index in [1.54, 1.807) is 17.5 Å². The Morgan fingerprint density at radius 3 is 2.96 bits per heavy atom. The maximum atomic E-state index is 5.31. The molecule has 3 heterocycles. The number of aromatic nitrogens is 3. The molecule has 0 aliphatic heterocycles. The molecule has 0 radical (unpaired) electrons. The third-order valence-corrected chi connectivity index (χ3v) is 5.20. The second-order valence-electron chi connectivity index (χ2n) is 6.06. The van der Waals surface area contributed by atoms with E-state index in [0.29, 0.717) is 16.6 Å². The number of fused-ring (bicyclic) bond motifs is 1. The molecular weight excluding hydrogens is 338 g/mol. The van der Waals surface area contributed by atoms with E-state index >= 15 is 0 Å². The van der Waals surface area contributed by atoms with Crippen molar-refractivity contribution >= 4 is 45.6 Å². The van der Waals surface area contributed by atoms with E-state index in [9.17, 15) is 0 Å². The van der Waals surface area contributed by atoms with Crippen molar-refractivity contribution in [2.45, 2.75) is 19.8 Å². The highest BCUT2D eigenvalue weighted by Gasteiger charge is 2.20. The highest BCUT2D eigenvalue weighted by atomic mass is 32.1. The molecular formula is C17H17N5S2. The molecule has 0 spiro atoms. The minimum absolute atomic E-state index is 0.603. The van der Waals surface area contributed by atoms with Gasteiger partial charge in [0.1, 0.15) is 17.0 Å². The second kappa shape index (κ2) is 6.41. The minimum Gasteiger partial charge on any atom is -0.362 e. The Balaban J connectivity index is 1.55. The van der Waals surface area contributed by atoms with Crippen LogP contribution in [0.2, 0.25) is 0 Å². The van der Waals surface area contributed by atoms with Crippen molar-refractivity contribution in [3.63, 3.8) is 0 Å². The summed E-state index contributed by atoms with van der Waals surface area (Å²) in [5.74, 6) is 1.46. The van der Waals surface area contributed by atoms with E-state index in [0.717, 1.165) is 28.6 Å². The summed E-state index contributed by atoms with van der Waals surface area (Å²) in [7, 11) is 0. The molecule has 3 aromatic rings. The van der Waals surface area contributed by atoms with Crippen LogP contribution in [-0.2, 0) is 0 Å². The van der Waals surface area contributed by atoms with Gasteiger partial charge in [-0.15, -0.1) is 11.3 Å². The third-order valence-electron chi connectivity index (χ3n) is 3.88. The lowest BCUT2D eigenvalue weighted by Gasteiger charge is -2.09. The van der Waals surface area contributed by atoms with Gasteiger partial charge >= 0.3 is 0 Å². The molecule has 0 amide bonds. The van der Waals surface area contributed by atoms with Crippen molar-refractivity contribution in [3.8, 4) is 10.6 Å². The van der Waals surface area contributed by atoms with Gasteiger partial charge in [-0.25, -0.2) is 9.97 Å². The van der Waals surface area contributed by atoms with Crippen LogP contribution in [0.3, 0.4) is 0 Å².